The van der Waals surface area contributed by atoms with Gasteiger partial charge in [0.25, 0.3) is 5.91 Å². The van der Waals surface area contributed by atoms with Crippen molar-refractivity contribution in [3.8, 4) is 11.5 Å². The summed E-state index contributed by atoms with van der Waals surface area (Å²) < 4.78 is 43.8. The molecular weight excluding hydrogens is 468 g/mol. The first kappa shape index (κ1) is 25.0. The van der Waals surface area contributed by atoms with Crippen molar-refractivity contribution in [3.63, 3.8) is 0 Å². The van der Waals surface area contributed by atoms with Crippen molar-refractivity contribution < 1.29 is 27.4 Å². The van der Waals surface area contributed by atoms with E-state index in [-0.39, 0.29) is 17.4 Å². The number of morpholine rings is 1. The molecule has 8 nitrogen and oxygen atoms in total. The van der Waals surface area contributed by atoms with E-state index < -0.39 is 16.1 Å². The van der Waals surface area contributed by atoms with Crippen LogP contribution in [0, 0.1) is 0 Å². The van der Waals surface area contributed by atoms with E-state index in [2.05, 4.69) is 5.32 Å². The van der Waals surface area contributed by atoms with Crippen molar-refractivity contribution in [1.82, 2.24) is 9.62 Å². The first-order valence-corrected chi connectivity index (χ1v) is 13.2. The second-order valence-corrected chi connectivity index (χ2v) is 10.1. The minimum Gasteiger partial charge on any atom is -0.492 e. The van der Waals surface area contributed by atoms with Gasteiger partial charge in [-0.3, -0.25) is 4.79 Å². The van der Waals surface area contributed by atoms with Crippen LogP contribution in [0.25, 0.3) is 10.8 Å². The highest BCUT2D eigenvalue weighted by Crippen LogP contribution is 2.26. The third kappa shape index (κ3) is 6.11. The van der Waals surface area contributed by atoms with Crippen LogP contribution in [0.15, 0.2) is 71.6 Å². The van der Waals surface area contributed by atoms with Crippen molar-refractivity contribution in [1.29, 1.82) is 0 Å². The molecule has 0 unspecified atom stereocenters. The summed E-state index contributed by atoms with van der Waals surface area (Å²) in [5.41, 5.74) is 0. The summed E-state index contributed by atoms with van der Waals surface area (Å²) in [4.78, 5) is 12.9. The number of amides is 1. The Kier molecular flexibility index (Phi) is 8.22. The molecule has 4 rings (SSSR count). The average molecular weight is 499 g/mol. The van der Waals surface area contributed by atoms with E-state index in [0.29, 0.717) is 50.8 Å². The number of benzene rings is 3. The fraction of sp³-hybridized carbons (Fsp3) is 0.346. The van der Waals surface area contributed by atoms with Gasteiger partial charge >= 0.3 is 0 Å². The molecule has 1 amide bonds. The zero-order valence-corrected chi connectivity index (χ0v) is 20.5. The van der Waals surface area contributed by atoms with Crippen LogP contribution in [-0.2, 0) is 19.6 Å². The minimum absolute atomic E-state index is 0.212. The minimum atomic E-state index is -3.54. The number of nitrogens with zero attached hydrogens (tertiary/aromatic N) is 1. The van der Waals surface area contributed by atoms with Crippen LogP contribution in [0.5, 0.6) is 11.5 Å². The number of carbonyl (C=O) groups is 1. The van der Waals surface area contributed by atoms with Crippen LogP contribution < -0.4 is 14.8 Å². The molecule has 1 fully saturated rings. The molecule has 1 heterocycles. The van der Waals surface area contributed by atoms with Crippen molar-refractivity contribution >= 4 is 26.7 Å². The quantitative estimate of drug-likeness (QED) is 0.432. The summed E-state index contributed by atoms with van der Waals surface area (Å²) in [6, 6.07) is 20.0. The maximum Gasteiger partial charge on any atom is 0.261 e. The lowest BCUT2D eigenvalue weighted by Crippen LogP contribution is -2.40. The normalized spacial score (nSPS) is 15.5. The molecule has 0 aliphatic carbocycles. The van der Waals surface area contributed by atoms with E-state index in [4.69, 9.17) is 14.2 Å². The fourth-order valence-corrected chi connectivity index (χ4v) is 5.28. The zero-order chi connectivity index (χ0) is 24.7. The molecule has 35 heavy (non-hydrogen) atoms. The molecule has 0 aromatic heterocycles. The predicted molar refractivity (Wildman–Crippen MR) is 133 cm³/mol. The molecule has 3 aromatic carbocycles. The number of carbonyl (C=O) groups excluding carboxylic acids is 1. The molecule has 0 radical (unpaired) electrons. The highest BCUT2D eigenvalue weighted by atomic mass is 32.2. The van der Waals surface area contributed by atoms with E-state index in [0.717, 1.165) is 10.8 Å². The predicted octanol–water partition coefficient (Wildman–Crippen LogP) is 3.21. The Morgan fingerprint density at radius 1 is 1.03 bits per heavy atom. The third-order valence-corrected chi connectivity index (χ3v) is 7.70. The van der Waals surface area contributed by atoms with Gasteiger partial charge in [-0.25, -0.2) is 8.42 Å². The molecule has 186 valence electrons. The van der Waals surface area contributed by atoms with Gasteiger partial charge in [0.15, 0.2) is 6.10 Å². The van der Waals surface area contributed by atoms with Crippen molar-refractivity contribution in [2.45, 2.75) is 24.3 Å². The molecule has 1 saturated heterocycles. The Balaban J connectivity index is 1.26. The first-order valence-electron chi connectivity index (χ1n) is 11.7. The lowest BCUT2D eigenvalue weighted by Gasteiger charge is -2.26. The highest BCUT2D eigenvalue weighted by Gasteiger charge is 2.26. The summed E-state index contributed by atoms with van der Waals surface area (Å²) >= 11 is 0. The molecule has 0 bridgehead atoms. The summed E-state index contributed by atoms with van der Waals surface area (Å²) in [5.74, 6) is 0.990. The van der Waals surface area contributed by atoms with Crippen LogP contribution in [0.4, 0.5) is 0 Å². The Morgan fingerprint density at radius 2 is 1.74 bits per heavy atom. The second-order valence-electron chi connectivity index (χ2n) is 8.12. The van der Waals surface area contributed by atoms with Gasteiger partial charge in [0.2, 0.25) is 10.0 Å². The molecule has 1 aliphatic heterocycles. The van der Waals surface area contributed by atoms with E-state index in [1.165, 1.54) is 16.4 Å². The number of sulfonamides is 1. The van der Waals surface area contributed by atoms with Gasteiger partial charge in [-0.15, -0.1) is 0 Å². The first-order chi connectivity index (χ1) is 17.0. The van der Waals surface area contributed by atoms with E-state index in [1.807, 2.05) is 49.4 Å². The van der Waals surface area contributed by atoms with Gasteiger partial charge in [-0.05, 0) is 42.1 Å². The van der Waals surface area contributed by atoms with Crippen LogP contribution in [0.2, 0.25) is 0 Å². The topological polar surface area (TPSA) is 94.2 Å². The lowest BCUT2D eigenvalue weighted by atomic mass is 10.1. The van der Waals surface area contributed by atoms with Crippen LogP contribution in [0.3, 0.4) is 0 Å². The smallest absolute Gasteiger partial charge is 0.261 e. The molecule has 9 heteroatoms. The summed E-state index contributed by atoms with van der Waals surface area (Å²) in [6.45, 7) is 3.94. The van der Waals surface area contributed by atoms with Crippen LogP contribution in [0.1, 0.15) is 13.3 Å². The molecule has 3 aromatic rings. The number of ether oxygens (including phenoxy) is 3. The summed E-state index contributed by atoms with van der Waals surface area (Å²) in [5, 5.41) is 4.86. The summed E-state index contributed by atoms with van der Waals surface area (Å²) in [6.07, 6.45) is -0.0971. The number of nitrogens with one attached hydrogen (secondary N) is 1. The van der Waals surface area contributed by atoms with Crippen molar-refractivity contribution in [3.05, 3.63) is 66.7 Å². The van der Waals surface area contributed by atoms with E-state index in [9.17, 15) is 13.2 Å². The van der Waals surface area contributed by atoms with Gasteiger partial charge < -0.3 is 19.5 Å². The molecule has 0 spiro atoms. The van der Waals surface area contributed by atoms with Gasteiger partial charge in [0.1, 0.15) is 18.1 Å². The maximum absolute atomic E-state index is 12.7. The van der Waals surface area contributed by atoms with Crippen LogP contribution in [-0.4, -0.2) is 64.2 Å². The second kappa shape index (κ2) is 11.5. The monoisotopic (exact) mass is 498 g/mol. The van der Waals surface area contributed by atoms with Crippen molar-refractivity contribution in [2.24, 2.45) is 0 Å². The van der Waals surface area contributed by atoms with Crippen molar-refractivity contribution in [2.75, 3.05) is 39.5 Å². The van der Waals surface area contributed by atoms with Crippen LogP contribution >= 0.6 is 0 Å². The largest absolute Gasteiger partial charge is 0.492 e. The number of fused-ring (bicyclic) bond motifs is 1. The van der Waals surface area contributed by atoms with E-state index >= 15 is 0 Å². The number of rotatable bonds is 10. The molecule has 1 aliphatic rings. The lowest BCUT2D eigenvalue weighted by molar-refractivity contribution is -0.128. The third-order valence-electron chi connectivity index (χ3n) is 5.78. The molecule has 0 saturated carbocycles. The highest BCUT2D eigenvalue weighted by molar-refractivity contribution is 7.89. The number of hydrogen-bond acceptors (Lipinski definition) is 6. The fourth-order valence-electron chi connectivity index (χ4n) is 3.87. The Morgan fingerprint density at radius 3 is 2.49 bits per heavy atom. The molecule has 1 N–H and O–H groups in total. The standard InChI is InChI=1S/C26H30N2O6S/c1-2-24(34-25-9-5-7-20-6-3-4-8-23(20)25)26(29)27-14-17-33-21-10-12-22(13-11-21)35(30,31)28-15-18-32-19-16-28/h3-13,24H,2,14-19H2,1H3,(H,27,29)/t24-/m1/s1. The maximum atomic E-state index is 12.7. The Bertz CT molecular complexity index is 1230. The molecule has 1 atom stereocenters. The average Bonchev–Trinajstić information content (AvgIpc) is 2.90. The van der Waals surface area contributed by atoms with Gasteiger partial charge in [0, 0.05) is 18.5 Å². The summed E-state index contributed by atoms with van der Waals surface area (Å²) in [7, 11) is -3.54. The van der Waals surface area contributed by atoms with Gasteiger partial charge in [-0.2, -0.15) is 4.31 Å². The Labute approximate surface area is 205 Å². The number of hydrogen-bond donors (Lipinski definition) is 1. The molecular formula is C26H30N2O6S. The van der Waals surface area contributed by atoms with Gasteiger partial charge in [0.05, 0.1) is 24.7 Å². The zero-order valence-electron chi connectivity index (χ0n) is 19.7. The SMILES string of the molecule is CC[C@@H](Oc1cccc2ccccc12)C(=O)NCCOc1ccc(S(=O)(=O)N2CCOCC2)cc1. The van der Waals surface area contributed by atoms with E-state index in [1.54, 1.807) is 12.1 Å². The Hall–Kier alpha value is -3.14. The van der Waals surface area contributed by atoms with Gasteiger partial charge in [-0.1, -0.05) is 43.3 Å².